The zero-order chi connectivity index (χ0) is 22.7. The van der Waals surface area contributed by atoms with E-state index in [0.29, 0.717) is 18.9 Å². The summed E-state index contributed by atoms with van der Waals surface area (Å²) in [5.74, 6) is -0.236. The van der Waals surface area contributed by atoms with Gasteiger partial charge in [0.25, 0.3) is 10.0 Å². The number of thiophene rings is 1. The fourth-order valence-corrected chi connectivity index (χ4v) is 7.34. The molecule has 2 aliphatic heterocycles. The Labute approximate surface area is 192 Å². The Morgan fingerprint density at radius 2 is 2.16 bits per heavy atom. The number of hydrogen-bond donors (Lipinski definition) is 3. The minimum Gasteiger partial charge on any atom is -0.465 e. The van der Waals surface area contributed by atoms with Gasteiger partial charge in [0.1, 0.15) is 4.21 Å². The highest BCUT2D eigenvalue weighted by molar-refractivity contribution is 7.91. The number of nitrogens with zero attached hydrogens (tertiary/aromatic N) is 1. The summed E-state index contributed by atoms with van der Waals surface area (Å²) in [6, 6.07) is 10.6. The number of fused-ring (bicyclic) bond motifs is 1. The van der Waals surface area contributed by atoms with E-state index < -0.39 is 16.0 Å². The van der Waals surface area contributed by atoms with Crippen molar-refractivity contribution in [3.05, 3.63) is 64.6 Å². The van der Waals surface area contributed by atoms with Crippen LogP contribution < -0.4 is 15.6 Å². The summed E-state index contributed by atoms with van der Waals surface area (Å²) in [6.45, 7) is 6.73. The van der Waals surface area contributed by atoms with Crippen molar-refractivity contribution < 1.29 is 17.9 Å². The van der Waals surface area contributed by atoms with Gasteiger partial charge in [-0.1, -0.05) is 36.4 Å². The van der Waals surface area contributed by atoms with E-state index in [9.17, 15) is 13.2 Å². The van der Waals surface area contributed by atoms with Crippen LogP contribution in [0.3, 0.4) is 0 Å². The largest absolute Gasteiger partial charge is 0.465 e. The van der Waals surface area contributed by atoms with E-state index in [2.05, 4.69) is 39.2 Å². The van der Waals surface area contributed by atoms with Crippen molar-refractivity contribution in [2.24, 2.45) is 5.92 Å². The topological polar surface area (TPSA) is 99.8 Å². The first-order valence-electron chi connectivity index (χ1n) is 10.5. The van der Waals surface area contributed by atoms with E-state index >= 15 is 0 Å². The summed E-state index contributed by atoms with van der Waals surface area (Å²) < 4.78 is 33.1. The van der Waals surface area contributed by atoms with Gasteiger partial charge in [-0.05, 0) is 17.5 Å². The fourth-order valence-electron chi connectivity index (χ4n) is 4.37. The molecule has 172 valence electrons. The molecule has 2 aliphatic rings. The van der Waals surface area contributed by atoms with E-state index in [4.69, 9.17) is 4.74 Å². The Bertz CT molecular complexity index is 1080. The van der Waals surface area contributed by atoms with Gasteiger partial charge in [0.15, 0.2) is 0 Å². The normalized spacial score (nSPS) is 21.3. The molecule has 2 aromatic rings. The number of methoxy groups -OCH3 is 1. The zero-order valence-corrected chi connectivity index (χ0v) is 19.6. The molecule has 3 N–H and O–H groups in total. The quantitative estimate of drug-likeness (QED) is 0.395. The van der Waals surface area contributed by atoms with Crippen molar-refractivity contribution in [3.63, 3.8) is 0 Å². The number of sulfonamides is 1. The minimum atomic E-state index is -3.83. The van der Waals surface area contributed by atoms with Gasteiger partial charge in [0.05, 0.1) is 18.7 Å². The van der Waals surface area contributed by atoms with Gasteiger partial charge >= 0.3 is 5.97 Å². The van der Waals surface area contributed by atoms with Crippen LogP contribution in [-0.2, 0) is 27.7 Å². The van der Waals surface area contributed by atoms with Crippen molar-refractivity contribution in [2.75, 3.05) is 33.3 Å². The highest BCUT2D eigenvalue weighted by atomic mass is 32.2. The van der Waals surface area contributed by atoms with Gasteiger partial charge in [0.2, 0.25) is 0 Å². The van der Waals surface area contributed by atoms with Crippen LogP contribution in [0, 0.1) is 5.92 Å². The van der Waals surface area contributed by atoms with E-state index in [-0.39, 0.29) is 22.4 Å². The highest BCUT2D eigenvalue weighted by Gasteiger charge is 2.35. The van der Waals surface area contributed by atoms with Crippen LogP contribution in [0.15, 0.2) is 47.2 Å². The molecule has 0 saturated carbocycles. The Morgan fingerprint density at radius 1 is 1.38 bits per heavy atom. The number of carbonyl (C=O) groups excluding carboxylic acids is 1. The molecule has 3 heterocycles. The van der Waals surface area contributed by atoms with Crippen molar-refractivity contribution in [3.8, 4) is 0 Å². The summed E-state index contributed by atoms with van der Waals surface area (Å²) in [6.07, 6.45) is 2.08. The third kappa shape index (κ3) is 4.66. The molecule has 2 atom stereocenters. The average molecular weight is 477 g/mol. The van der Waals surface area contributed by atoms with Crippen molar-refractivity contribution >= 4 is 27.3 Å². The first kappa shape index (κ1) is 23.1. The molecular weight excluding hydrogens is 448 g/mol. The van der Waals surface area contributed by atoms with Crippen molar-refractivity contribution in [1.29, 1.82) is 0 Å². The lowest BCUT2D eigenvalue weighted by Crippen LogP contribution is -2.36. The number of ether oxygens (including phenoxy) is 1. The monoisotopic (exact) mass is 476 g/mol. The molecule has 0 radical (unpaired) electrons. The molecule has 0 spiro atoms. The third-order valence-corrected chi connectivity index (χ3v) is 9.06. The van der Waals surface area contributed by atoms with Gasteiger partial charge in [-0.15, -0.1) is 17.9 Å². The molecule has 1 fully saturated rings. The Hall–Kier alpha value is -2.08. The predicted octanol–water partition coefficient (Wildman–Crippen LogP) is 1.82. The van der Waals surface area contributed by atoms with Crippen molar-refractivity contribution in [1.82, 2.24) is 20.5 Å². The number of nitrogens with one attached hydrogen (secondary N) is 3. The second kappa shape index (κ2) is 9.82. The molecule has 2 unspecified atom stereocenters. The van der Waals surface area contributed by atoms with E-state index in [1.165, 1.54) is 18.7 Å². The molecule has 0 aliphatic carbocycles. The maximum absolute atomic E-state index is 12.8. The van der Waals surface area contributed by atoms with Gasteiger partial charge in [-0.25, -0.2) is 23.4 Å². The van der Waals surface area contributed by atoms with Crippen molar-refractivity contribution in [2.45, 2.75) is 23.2 Å². The van der Waals surface area contributed by atoms with E-state index in [0.717, 1.165) is 41.4 Å². The Morgan fingerprint density at radius 3 is 2.88 bits per heavy atom. The Balaban J connectivity index is 1.56. The van der Waals surface area contributed by atoms with E-state index in [1.54, 1.807) is 0 Å². The van der Waals surface area contributed by atoms with Crippen LogP contribution in [0.25, 0.3) is 0 Å². The SMILES string of the molecule is C=CCNS(=O)(=O)c1sc2c(c1C(=O)OC)CCN(CC1CNNC1c1ccccc1)C2. The number of hydrogen-bond acceptors (Lipinski definition) is 8. The highest BCUT2D eigenvalue weighted by Crippen LogP contribution is 2.37. The smallest absolute Gasteiger partial charge is 0.340 e. The third-order valence-electron chi connectivity index (χ3n) is 5.90. The second-order valence-corrected chi connectivity index (χ2v) is 11.0. The maximum Gasteiger partial charge on any atom is 0.340 e. The number of rotatable bonds is 8. The molecule has 1 aromatic heterocycles. The lowest BCUT2D eigenvalue weighted by molar-refractivity contribution is 0.0595. The summed E-state index contributed by atoms with van der Waals surface area (Å²) in [5, 5.41) is 0. The van der Waals surface area contributed by atoms with Crippen LogP contribution >= 0.6 is 11.3 Å². The lowest BCUT2D eigenvalue weighted by atomic mass is 9.93. The molecule has 8 nitrogen and oxygen atoms in total. The van der Waals surface area contributed by atoms with Crippen LogP contribution in [-0.4, -0.2) is 52.6 Å². The predicted molar refractivity (Wildman–Crippen MR) is 124 cm³/mol. The lowest BCUT2D eigenvalue weighted by Gasteiger charge is -2.31. The molecule has 32 heavy (non-hydrogen) atoms. The molecule has 1 aromatic carbocycles. The van der Waals surface area contributed by atoms with Gasteiger partial charge in [-0.3, -0.25) is 10.3 Å². The number of benzene rings is 1. The Kier molecular flexibility index (Phi) is 7.08. The first-order valence-corrected chi connectivity index (χ1v) is 12.8. The number of hydrazine groups is 1. The minimum absolute atomic E-state index is 0.0319. The van der Waals surface area contributed by atoms with Crippen LogP contribution in [0.4, 0.5) is 0 Å². The summed E-state index contributed by atoms with van der Waals surface area (Å²) in [4.78, 5) is 15.7. The molecule has 4 rings (SSSR count). The summed E-state index contributed by atoms with van der Waals surface area (Å²) in [5.41, 5.74) is 8.86. The van der Waals surface area contributed by atoms with Crippen LogP contribution in [0.2, 0.25) is 0 Å². The number of carbonyl (C=O) groups is 1. The fraction of sp³-hybridized carbons (Fsp3) is 0.409. The van der Waals surface area contributed by atoms with Gasteiger partial charge < -0.3 is 4.74 Å². The molecule has 0 amide bonds. The van der Waals surface area contributed by atoms with E-state index in [1.807, 2.05) is 18.2 Å². The van der Waals surface area contributed by atoms with Gasteiger partial charge in [0, 0.05) is 43.5 Å². The number of esters is 1. The van der Waals surface area contributed by atoms with Crippen LogP contribution in [0.1, 0.15) is 32.4 Å². The van der Waals surface area contributed by atoms with Gasteiger partial charge in [-0.2, -0.15) is 0 Å². The standard InChI is InChI=1S/C22H28N4O4S2/c1-3-10-24-32(28,29)22-19(21(27)30-2)17-9-11-26(14-18(17)31-22)13-16-12-23-25-20(16)15-7-5-4-6-8-15/h3-8,16,20,23-25H,1,9-14H2,2H3. The molecular formula is C22H28N4O4S2. The summed E-state index contributed by atoms with van der Waals surface area (Å²) in [7, 11) is -2.55. The second-order valence-electron chi connectivity index (χ2n) is 7.96. The molecule has 0 bridgehead atoms. The van der Waals surface area contributed by atoms with Crippen LogP contribution in [0.5, 0.6) is 0 Å². The average Bonchev–Trinajstić information content (AvgIpc) is 3.42. The molecule has 10 heteroatoms. The first-order chi connectivity index (χ1) is 15.4. The zero-order valence-electron chi connectivity index (χ0n) is 18.0. The molecule has 1 saturated heterocycles. The maximum atomic E-state index is 12.8. The summed E-state index contributed by atoms with van der Waals surface area (Å²) >= 11 is 1.16.